The minimum Gasteiger partial charge on any atom is -0.321 e. The van der Waals surface area contributed by atoms with E-state index >= 15 is 0 Å². The Balaban J connectivity index is 1.93. The van der Waals surface area contributed by atoms with Crippen LogP contribution in [0.15, 0.2) is 47.8 Å². The van der Waals surface area contributed by atoms with Crippen molar-refractivity contribution >= 4 is 55.6 Å². The van der Waals surface area contributed by atoms with Crippen LogP contribution in [0, 0.1) is 9.39 Å². The van der Waals surface area contributed by atoms with E-state index in [0.717, 1.165) is 10.1 Å². The summed E-state index contributed by atoms with van der Waals surface area (Å²) in [4.78, 5) is 12.3. The molecular weight excluding hydrogens is 388 g/mol. The molecule has 0 atom stereocenters. The van der Waals surface area contributed by atoms with Gasteiger partial charge in [0.15, 0.2) is 0 Å². The second-order valence-electron chi connectivity index (χ2n) is 4.22. The van der Waals surface area contributed by atoms with E-state index in [9.17, 15) is 9.18 Å². The molecule has 0 unspecified atom stereocenters. The van der Waals surface area contributed by atoms with Crippen molar-refractivity contribution in [3.63, 3.8) is 0 Å². The number of fused-ring (bicyclic) bond motifs is 1. The van der Waals surface area contributed by atoms with Crippen LogP contribution in [0.2, 0.25) is 0 Å². The zero-order valence-corrected chi connectivity index (χ0v) is 13.2. The summed E-state index contributed by atoms with van der Waals surface area (Å²) < 4.78 is 14.8. The molecule has 0 saturated carbocycles. The number of hydrogen-bond donors (Lipinski definition) is 1. The van der Waals surface area contributed by atoms with Gasteiger partial charge in [-0.15, -0.1) is 11.3 Å². The summed E-state index contributed by atoms with van der Waals surface area (Å²) in [5.74, 6) is -0.486. The van der Waals surface area contributed by atoms with Crippen molar-refractivity contribution in [3.05, 3.63) is 62.8 Å². The molecular formula is C15H9FINOS. The van der Waals surface area contributed by atoms with Gasteiger partial charge in [0.25, 0.3) is 5.91 Å². The number of thiophene rings is 1. The van der Waals surface area contributed by atoms with Crippen LogP contribution in [-0.4, -0.2) is 5.91 Å². The van der Waals surface area contributed by atoms with Crippen molar-refractivity contribution in [1.29, 1.82) is 0 Å². The van der Waals surface area contributed by atoms with E-state index in [4.69, 9.17) is 0 Å². The highest BCUT2D eigenvalue weighted by Gasteiger charge is 2.13. The van der Waals surface area contributed by atoms with Crippen LogP contribution in [0.4, 0.5) is 10.1 Å². The molecule has 3 rings (SSSR count). The third-order valence-electron chi connectivity index (χ3n) is 2.90. The van der Waals surface area contributed by atoms with E-state index in [1.165, 1.54) is 23.5 Å². The Morgan fingerprint density at radius 3 is 2.80 bits per heavy atom. The van der Waals surface area contributed by atoms with Crippen LogP contribution in [0.5, 0.6) is 0 Å². The van der Waals surface area contributed by atoms with Crippen molar-refractivity contribution in [2.75, 3.05) is 5.32 Å². The molecule has 0 saturated heterocycles. The zero-order valence-electron chi connectivity index (χ0n) is 10.2. The van der Waals surface area contributed by atoms with Crippen molar-refractivity contribution in [2.24, 2.45) is 0 Å². The normalized spacial score (nSPS) is 10.7. The topological polar surface area (TPSA) is 29.1 Å². The number of amides is 1. The number of benzene rings is 2. The van der Waals surface area contributed by atoms with Crippen LogP contribution in [0.25, 0.3) is 10.1 Å². The standard InChI is InChI=1S/C15H9FINOS/c16-9-5-6-13(12(17)7-9)18-15(19)11-8-20-14-4-2-1-3-10(11)14/h1-8H,(H,18,19). The third-order valence-corrected chi connectivity index (χ3v) is 4.76. The lowest BCUT2D eigenvalue weighted by Crippen LogP contribution is -2.12. The fourth-order valence-electron chi connectivity index (χ4n) is 1.93. The van der Waals surface area contributed by atoms with Crippen LogP contribution in [-0.2, 0) is 0 Å². The minimum atomic E-state index is -0.312. The SMILES string of the molecule is O=C(Nc1ccc(F)cc1I)c1csc2ccccc12. The first-order valence-corrected chi connectivity index (χ1v) is 7.83. The minimum absolute atomic E-state index is 0.174. The predicted molar refractivity (Wildman–Crippen MR) is 88.9 cm³/mol. The molecule has 100 valence electrons. The Labute approximate surface area is 132 Å². The molecule has 2 aromatic carbocycles. The molecule has 5 heteroatoms. The Morgan fingerprint density at radius 1 is 1.20 bits per heavy atom. The van der Waals surface area contributed by atoms with Gasteiger partial charge in [0.1, 0.15) is 5.82 Å². The van der Waals surface area contributed by atoms with E-state index in [-0.39, 0.29) is 11.7 Å². The number of hydrogen-bond acceptors (Lipinski definition) is 2. The van der Waals surface area contributed by atoms with Crippen LogP contribution in [0.3, 0.4) is 0 Å². The molecule has 0 aliphatic carbocycles. The summed E-state index contributed by atoms with van der Waals surface area (Å²) in [7, 11) is 0. The summed E-state index contributed by atoms with van der Waals surface area (Å²) in [5, 5.41) is 5.61. The highest BCUT2D eigenvalue weighted by molar-refractivity contribution is 14.1. The first kappa shape index (κ1) is 13.5. The van der Waals surface area contributed by atoms with Gasteiger partial charge in [0, 0.05) is 19.0 Å². The van der Waals surface area contributed by atoms with E-state index in [0.29, 0.717) is 14.8 Å². The Hall–Kier alpha value is -1.47. The maximum Gasteiger partial charge on any atom is 0.257 e. The molecule has 20 heavy (non-hydrogen) atoms. The van der Waals surface area contributed by atoms with Gasteiger partial charge in [-0.1, -0.05) is 18.2 Å². The number of rotatable bonds is 2. The monoisotopic (exact) mass is 397 g/mol. The van der Waals surface area contributed by atoms with Crippen molar-refractivity contribution < 1.29 is 9.18 Å². The Kier molecular flexibility index (Phi) is 3.71. The van der Waals surface area contributed by atoms with E-state index in [2.05, 4.69) is 5.32 Å². The highest BCUT2D eigenvalue weighted by atomic mass is 127. The van der Waals surface area contributed by atoms with Crippen molar-refractivity contribution in [3.8, 4) is 0 Å². The summed E-state index contributed by atoms with van der Waals surface area (Å²) >= 11 is 3.54. The maximum absolute atomic E-state index is 13.1. The zero-order chi connectivity index (χ0) is 14.1. The molecule has 2 nitrogen and oxygen atoms in total. The fraction of sp³-hybridized carbons (Fsp3) is 0. The molecule has 3 aromatic rings. The maximum atomic E-state index is 13.1. The lowest BCUT2D eigenvalue weighted by molar-refractivity contribution is 0.102. The number of nitrogens with one attached hydrogen (secondary N) is 1. The highest BCUT2D eigenvalue weighted by Crippen LogP contribution is 2.27. The number of anilines is 1. The molecule has 0 radical (unpaired) electrons. The van der Waals surface area contributed by atoms with Gasteiger partial charge >= 0.3 is 0 Å². The second-order valence-corrected chi connectivity index (χ2v) is 6.30. The summed E-state index contributed by atoms with van der Waals surface area (Å²) in [6.45, 7) is 0. The van der Waals surface area contributed by atoms with Gasteiger partial charge in [-0.05, 0) is 46.9 Å². The smallest absolute Gasteiger partial charge is 0.257 e. The average Bonchev–Trinajstić information content (AvgIpc) is 2.86. The fourth-order valence-corrected chi connectivity index (χ4v) is 3.49. The Bertz CT molecular complexity index is 799. The quantitative estimate of drug-likeness (QED) is 0.613. The summed E-state index contributed by atoms with van der Waals surface area (Å²) in [6, 6.07) is 12.1. The van der Waals surface area contributed by atoms with Gasteiger partial charge in [-0.2, -0.15) is 0 Å². The van der Waals surface area contributed by atoms with Crippen LogP contribution < -0.4 is 5.32 Å². The summed E-state index contributed by atoms with van der Waals surface area (Å²) in [5.41, 5.74) is 1.26. The molecule has 1 amide bonds. The number of halogens is 2. The first-order valence-electron chi connectivity index (χ1n) is 5.88. The molecule has 1 heterocycles. The second kappa shape index (κ2) is 5.49. The lowest BCUT2D eigenvalue weighted by Gasteiger charge is -2.07. The molecule has 1 N–H and O–H groups in total. The van der Waals surface area contributed by atoms with Crippen LogP contribution >= 0.6 is 33.9 Å². The van der Waals surface area contributed by atoms with Crippen LogP contribution in [0.1, 0.15) is 10.4 Å². The van der Waals surface area contributed by atoms with Gasteiger partial charge in [0.2, 0.25) is 0 Å². The molecule has 1 aromatic heterocycles. The van der Waals surface area contributed by atoms with Crippen molar-refractivity contribution in [1.82, 2.24) is 0 Å². The first-order chi connectivity index (χ1) is 9.65. The van der Waals surface area contributed by atoms with E-state index < -0.39 is 0 Å². The molecule has 0 spiro atoms. The molecule has 0 aliphatic heterocycles. The van der Waals surface area contributed by atoms with E-state index in [1.54, 1.807) is 6.07 Å². The lowest BCUT2D eigenvalue weighted by atomic mass is 10.1. The summed E-state index contributed by atoms with van der Waals surface area (Å²) in [6.07, 6.45) is 0. The van der Waals surface area contributed by atoms with Gasteiger partial charge in [-0.3, -0.25) is 4.79 Å². The number of carbonyl (C=O) groups excluding carboxylic acids is 1. The molecule has 0 aliphatic rings. The third kappa shape index (κ3) is 2.55. The van der Waals surface area contributed by atoms with Gasteiger partial charge in [-0.25, -0.2) is 4.39 Å². The molecule has 0 bridgehead atoms. The van der Waals surface area contributed by atoms with Gasteiger partial charge in [0.05, 0.1) is 11.3 Å². The van der Waals surface area contributed by atoms with Gasteiger partial charge < -0.3 is 5.32 Å². The van der Waals surface area contributed by atoms with Crippen molar-refractivity contribution in [2.45, 2.75) is 0 Å². The van der Waals surface area contributed by atoms with E-state index in [1.807, 2.05) is 52.2 Å². The average molecular weight is 397 g/mol. The molecule has 0 fully saturated rings. The largest absolute Gasteiger partial charge is 0.321 e. The predicted octanol–water partition coefficient (Wildman–Crippen LogP) is 4.90. The Morgan fingerprint density at radius 2 is 2.00 bits per heavy atom. The number of carbonyl (C=O) groups is 1.